The maximum absolute atomic E-state index is 5.94. The normalized spacial score (nSPS) is 10.5. The molecule has 0 amide bonds. The van der Waals surface area contributed by atoms with E-state index < -0.39 is 0 Å². The first-order valence-electron chi connectivity index (χ1n) is 5.07. The summed E-state index contributed by atoms with van der Waals surface area (Å²) < 4.78 is 1.04. The number of hydrogen-bond acceptors (Lipinski definition) is 2. The first kappa shape index (κ1) is 12.8. The molecule has 88 valence electrons. The Morgan fingerprint density at radius 3 is 2.76 bits per heavy atom. The highest BCUT2D eigenvalue weighted by molar-refractivity contribution is 9.10. The summed E-state index contributed by atoms with van der Waals surface area (Å²) in [5.74, 6) is 0.862. The molecule has 0 aliphatic rings. The Balaban J connectivity index is 2.09. The summed E-state index contributed by atoms with van der Waals surface area (Å²) >= 11 is 11.1. The zero-order valence-electron chi connectivity index (χ0n) is 8.99. The number of nitrogen functional groups attached to an aromatic ring is 1. The predicted octanol–water partition coefficient (Wildman–Crippen LogP) is 4.98. The number of benzene rings is 2. The molecule has 17 heavy (non-hydrogen) atoms. The molecule has 1 nitrogen and oxygen atoms in total. The van der Waals surface area contributed by atoms with Gasteiger partial charge >= 0.3 is 0 Å². The van der Waals surface area contributed by atoms with Crippen molar-refractivity contribution in [1.82, 2.24) is 0 Å². The zero-order chi connectivity index (χ0) is 12.3. The number of thioether (sulfide) groups is 1. The van der Waals surface area contributed by atoms with Gasteiger partial charge in [-0.3, -0.25) is 0 Å². The molecule has 0 aromatic heterocycles. The van der Waals surface area contributed by atoms with Crippen LogP contribution < -0.4 is 5.73 Å². The van der Waals surface area contributed by atoms with E-state index in [4.69, 9.17) is 17.3 Å². The third kappa shape index (κ3) is 3.66. The van der Waals surface area contributed by atoms with Crippen molar-refractivity contribution in [3.63, 3.8) is 0 Å². The molecular weight excluding hydrogens is 318 g/mol. The van der Waals surface area contributed by atoms with Crippen LogP contribution in [0.1, 0.15) is 5.56 Å². The van der Waals surface area contributed by atoms with Crippen LogP contribution in [-0.4, -0.2) is 0 Å². The zero-order valence-corrected chi connectivity index (χ0v) is 12.1. The van der Waals surface area contributed by atoms with Crippen molar-refractivity contribution in [3.8, 4) is 0 Å². The average Bonchev–Trinajstić information content (AvgIpc) is 2.30. The lowest BCUT2D eigenvalue weighted by Gasteiger charge is -2.06. The Labute approximate surface area is 118 Å². The third-order valence-electron chi connectivity index (χ3n) is 2.26. The minimum Gasteiger partial charge on any atom is -0.398 e. The summed E-state index contributed by atoms with van der Waals surface area (Å²) in [5.41, 5.74) is 7.92. The minimum absolute atomic E-state index is 0.769. The quantitative estimate of drug-likeness (QED) is 0.635. The van der Waals surface area contributed by atoms with Gasteiger partial charge in [0.1, 0.15) is 0 Å². The lowest BCUT2D eigenvalue weighted by molar-refractivity contribution is 1.37. The van der Waals surface area contributed by atoms with Crippen LogP contribution in [0.25, 0.3) is 0 Å². The summed E-state index contributed by atoms with van der Waals surface area (Å²) in [6, 6.07) is 13.8. The maximum atomic E-state index is 5.94. The second kappa shape index (κ2) is 5.80. The molecule has 0 saturated carbocycles. The maximum Gasteiger partial charge on any atom is 0.0453 e. The van der Waals surface area contributed by atoms with Gasteiger partial charge in [-0.25, -0.2) is 0 Å². The molecule has 2 aromatic rings. The summed E-state index contributed by atoms with van der Waals surface area (Å²) in [7, 11) is 0. The fourth-order valence-corrected chi connectivity index (χ4v) is 3.09. The van der Waals surface area contributed by atoms with Crippen molar-refractivity contribution in [1.29, 1.82) is 0 Å². The van der Waals surface area contributed by atoms with E-state index in [1.54, 1.807) is 11.8 Å². The Morgan fingerprint density at radius 2 is 2.00 bits per heavy atom. The summed E-state index contributed by atoms with van der Waals surface area (Å²) in [4.78, 5) is 1.08. The van der Waals surface area contributed by atoms with Gasteiger partial charge in [-0.1, -0.05) is 39.7 Å². The van der Waals surface area contributed by atoms with Crippen LogP contribution in [0.15, 0.2) is 51.8 Å². The highest BCUT2D eigenvalue weighted by atomic mass is 79.9. The van der Waals surface area contributed by atoms with Crippen LogP contribution in [0, 0.1) is 0 Å². The van der Waals surface area contributed by atoms with Gasteiger partial charge < -0.3 is 5.73 Å². The van der Waals surface area contributed by atoms with Crippen molar-refractivity contribution in [2.45, 2.75) is 10.6 Å². The highest BCUT2D eigenvalue weighted by Crippen LogP contribution is 2.31. The molecule has 0 bridgehead atoms. The lowest BCUT2D eigenvalue weighted by atomic mass is 10.2. The monoisotopic (exact) mass is 327 g/mol. The van der Waals surface area contributed by atoms with Crippen LogP contribution in [0.3, 0.4) is 0 Å². The van der Waals surface area contributed by atoms with Crippen molar-refractivity contribution < 1.29 is 0 Å². The minimum atomic E-state index is 0.769. The number of rotatable bonds is 3. The first-order valence-corrected chi connectivity index (χ1v) is 7.23. The Hall–Kier alpha value is -0.640. The van der Waals surface area contributed by atoms with Crippen LogP contribution in [0.4, 0.5) is 5.69 Å². The summed E-state index contributed by atoms with van der Waals surface area (Å²) in [6.45, 7) is 0. The Bertz CT molecular complexity index is 531. The molecule has 0 radical (unpaired) electrons. The van der Waals surface area contributed by atoms with Gasteiger partial charge in [0.2, 0.25) is 0 Å². The van der Waals surface area contributed by atoms with Gasteiger partial charge in [0, 0.05) is 25.8 Å². The van der Waals surface area contributed by atoms with E-state index >= 15 is 0 Å². The van der Waals surface area contributed by atoms with Gasteiger partial charge in [0.25, 0.3) is 0 Å². The molecule has 0 spiro atoms. The van der Waals surface area contributed by atoms with E-state index in [0.717, 1.165) is 25.8 Å². The average molecular weight is 329 g/mol. The van der Waals surface area contributed by atoms with Crippen LogP contribution in [-0.2, 0) is 5.75 Å². The number of anilines is 1. The lowest BCUT2D eigenvalue weighted by Crippen LogP contribution is -1.89. The molecular formula is C13H11BrClNS. The number of halogens is 2. The molecule has 0 saturated heterocycles. The predicted molar refractivity (Wildman–Crippen MR) is 79.6 cm³/mol. The topological polar surface area (TPSA) is 26.0 Å². The summed E-state index contributed by atoms with van der Waals surface area (Å²) in [5, 5.41) is 0.769. The molecule has 0 heterocycles. The van der Waals surface area contributed by atoms with E-state index in [9.17, 15) is 0 Å². The molecule has 2 N–H and O–H groups in total. The van der Waals surface area contributed by atoms with Gasteiger partial charge in [-0.2, -0.15) is 0 Å². The number of nitrogens with two attached hydrogens (primary N) is 1. The fourth-order valence-electron chi connectivity index (χ4n) is 1.42. The molecule has 0 aliphatic heterocycles. The second-order valence-corrected chi connectivity index (χ2v) is 5.97. The Kier molecular flexibility index (Phi) is 4.37. The highest BCUT2D eigenvalue weighted by Gasteiger charge is 2.02. The summed E-state index contributed by atoms with van der Waals surface area (Å²) in [6.07, 6.45) is 0. The van der Waals surface area contributed by atoms with Gasteiger partial charge in [0.15, 0.2) is 0 Å². The fraction of sp³-hybridized carbons (Fsp3) is 0.0769. The smallest absolute Gasteiger partial charge is 0.0453 e. The van der Waals surface area contributed by atoms with Crippen molar-refractivity contribution in [3.05, 3.63) is 57.5 Å². The largest absolute Gasteiger partial charge is 0.398 e. The molecule has 2 aromatic carbocycles. The Morgan fingerprint density at radius 1 is 1.18 bits per heavy atom. The molecule has 0 atom stereocenters. The van der Waals surface area contributed by atoms with E-state index in [2.05, 4.69) is 22.0 Å². The van der Waals surface area contributed by atoms with Gasteiger partial charge in [-0.15, -0.1) is 11.8 Å². The number of hydrogen-bond donors (Lipinski definition) is 1. The van der Waals surface area contributed by atoms with Crippen molar-refractivity contribution >= 4 is 45.0 Å². The second-order valence-electron chi connectivity index (χ2n) is 3.60. The van der Waals surface area contributed by atoms with Crippen LogP contribution >= 0.6 is 39.3 Å². The molecule has 0 aliphatic carbocycles. The van der Waals surface area contributed by atoms with E-state index in [1.807, 2.05) is 36.4 Å². The molecule has 0 unspecified atom stereocenters. The molecule has 4 heteroatoms. The van der Waals surface area contributed by atoms with Crippen LogP contribution in [0.2, 0.25) is 5.02 Å². The van der Waals surface area contributed by atoms with Crippen molar-refractivity contribution in [2.24, 2.45) is 0 Å². The van der Waals surface area contributed by atoms with Crippen LogP contribution in [0.5, 0.6) is 0 Å². The third-order valence-corrected chi connectivity index (χ3v) is 4.13. The first-order chi connectivity index (χ1) is 8.15. The standard InChI is InChI=1S/C13H11BrClNS/c14-10-4-5-12(16)13(7-10)17-8-9-2-1-3-11(15)6-9/h1-7H,8,16H2. The van der Waals surface area contributed by atoms with Gasteiger partial charge in [-0.05, 0) is 35.9 Å². The SMILES string of the molecule is Nc1ccc(Br)cc1SCc1cccc(Cl)c1. The van der Waals surface area contributed by atoms with Crippen molar-refractivity contribution in [2.75, 3.05) is 5.73 Å². The van der Waals surface area contributed by atoms with E-state index in [-0.39, 0.29) is 0 Å². The van der Waals surface area contributed by atoms with Gasteiger partial charge in [0.05, 0.1) is 0 Å². The van der Waals surface area contributed by atoms with E-state index in [0.29, 0.717) is 0 Å². The molecule has 0 fully saturated rings. The van der Waals surface area contributed by atoms with E-state index in [1.165, 1.54) is 5.56 Å². The molecule has 2 rings (SSSR count).